The minimum absolute atomic E-state index is 0.0500. The summed E-state index contributed by atoms with van der Waals surface area (Å²) in [5.41, 5.74) is 0.813. The molecule has 0 radical (unpaired) electrons. The van der Waals surface area contributed by atoms with Gasteiger partial charge in [0.25, 0.3) is 0 Å². The van der Waals surface area contributed by atoms with Gasteiger partial charge in [0.2, 0.25) is 5.91 Å². The molecule has 0 bridgehead atoms. The monoisotopic (exact) mass is 393 g/mol. The molecule has 7 nitrogen and oxygen atoms in total. The molecule has 1 amide bonds. The number of anilines is 1. The van der Waals surface area contributed by atoms with Gasteiger partial charge in [-0.15, -0.1) is 22.0 Å². The molecule has 2 aromatic rings. The van der Waals surface area contributed by atoms with Crippen molar-refractivity contribution in [1.29, 1.82) is 0 Å². The predicted molar refractivity (Wildman–Crippen MR) is 105 cm³/mol. The normalized spacial score (nSPS) is 15.2. The van der Waals surface area contributed by atoms with Crippen LogP contribution >= 0.6 is 23.5 Å². The number of thioether (sulfide) groups is 2. The Morgan fingerprint density at radius 2 is 2.12 bits per heavy atom. The van der Waals surface area contributed by atoms with Gasteiger partial charge in [-0.25, -0.2) is 0 Å². The number of morpholine rings is 1. The van der Waals surface area contributed by atoms with Gasteiger partial charge in [0.05, 0.1) is 25.5 Å². The van der Waals surface area contributed by atoms with Crippen LogP contribution in [-0.2, 0) is 23.1 Å². The lowest BCUT2D eigenvalue weighted by Crippen LogP contribution is -2.36. The third kappa shape index (κ3) is 5.23. The van der Waals surface area contributed by atoms with Crippen LogP contribution in [0.4, 0.5) is 5.69 Å². The molecular weight excluding hydrogens is 370 g/mol. The van der Waals surface area contributed by atoms with Gasteiger partial charge in [0.1, 0.15) is 5.82 Å². The van der Waals surface area contributed by atoms with Crippen LogP contribution in [0.2, 0.25) is 0 Å². The van der Waals surface area contributed by atoms with E-state index in [1.165, 1.54) is 11.8 Å². The zero-order valence-electron chi connectivity index (χ0n) is 15.0. The van der Waals surface area contributed by atoms with Gasteiger partial charge in [0.15, 0.2) is 5.16 Å². The second-order valence-electron chi connectivity index (χ2n) is 5.92. The van der Waals surface area contributed by atoms with Crippen LogP contribution < -0.4 is 5.32 Å². The molecule has 2 heterocycles. The number of hydrogen-bond donors (Lipinski definition) is 1. The zero-order valence-corrected chi connectivity index (χ0v) is 16.6. The van der Waals surface area contributed by atoms with Crippen molar-refractivity contribution in [2.45, 2.75) is 16.6 Å². The quantitative estimate of drug-likeness (QED) is 0.722. The molecule has 0 spiro atoms. The highest BCUT2D eigenvalue weighted by molar-refractivity contribution is 7.99. The van der Waals surface area contributed by atoms with E-state index < -0.39 is 0 Å². The van der Waals surface area contributed by atoms with Crippen molar-refractivity contribution in [3.05, 3.63) is 30.1 Å². The maximum absolute atomic E-state index is 12.2. The van der Waals surface area contributed by atoms with Crippen LogP contribution in [0.1, 0.15) is 5.82 Å². The van der Waals surface area contributed by atoms with Gasteiger partial charge in [-0.2, -0.15) is 0 Å². The van der Waals surface area contributed by atoms with Crippen LogP contribution in [0.15, 0.2) is 34.3 Å². The van der Waals surface area contributed by atoms with E-state index in [0.29, 0.717) is 5.75 Å². The Morgan fingerprint density at radius 1 is 1.31 bits per heavy atom. The molecule has 1 N–H and O–H groups in total. The lowest BCUT2D eigenvalue weighted by Gasteiger charge is -2.25. The van der Waals surface area contributed by atoms with Crippen molar-refractivity contribution in [1.82, 2.24) is 19.7 Å². The predicted octanol–water partition coefficient (Wildman–Crippen LogP) is 2.10. The fourth-order valence-electron chi connectivity index (χ4n) is 2.60. The number of nitrogens with one attached hydrogen (secondary N) is 1. The number of ether oxygens (including phenoxy) is 1. The Labute approximate surface area is 161 Å². The minimum Gasteiger partial charge on any atom is -0.379 e. The molecule has 0 unspecified atom stereocenters. The summed E-state index contributed by atoms with van der Waals surface area (Å²) in [7, 11) is 1.94. The summed E-state index contributed by atoms with van der Waals surface area (Å²) < 4.78 is 7.33. The molecule has 9 heteroatoms. The fourth-order valence-corrected chi connectivity index (χ4v) is 3.79. The summed E-state index contributed by atoms with van der Waals surface area (Å²) in [6.07, 6.45) is 2.01. The third-order valence-corrected chi connectivity index (χ3v) is 5.83. The molecule has 0 atom stereocenters. The van der Waals surface area contributed by atoms with Gasteiger partial charge in [-0.3, -0.25) is 9.69 Å². The molecule has 1 aliphatic rings. The second-order valence-corrected chi connectivity index (χ2v) is 7.74. The van der Waals surface area contributed by atoms with Crippen molar-refractivity contribution in [3.8, 4) is 0 Å². The van der Waals surface area contributed by atoms with Crippen molar-refractivity contribution >= 4 is 35.1 Å². The van der Waals surface area contributed by atoms with E-state index in [2.05, 4.69) is 20.4 Å². The zero-order chi connectivity index (χ0) is 18.4. The average Bonchev–Trinajstić information content (AvgIpc) is 3.01. The number of rotatable bonds is 7. The number of aromatic nitrogens is 3. The maximum atomic E-state index is 12.2. The van der Waals surface area contributed by atoms with Crippen LogP contribution in [0.25, 0.3) is 0 Å². The smallest absolute Gasteiger partial charge is 0.234 e. The summed E-state index contributed by atoms with van der Waals surface area (Å²) >= 11 is 3.05. The van der Waals surface area contributed by atoms with Crippen LogP contribution in [0.5, 0.6) is 0 Å². The van der Waals surface area contributed by atoms with Crippen LogP contribution in [0, 0.1) is 0 Å². The second kappa shape index (κ2) is 9.40. The van der Waals surface area contributed by atoms with E-state index in [1.54, 1.807) is 11.8 Å². The topological polar surface area (TPSA) is 72.3 Å². The highest BCUT2D eigenvalue weighted by Gasteiger charge is 2.16. The van der Waals surface area contributed by atoms with Crippen LogP contribution in [0.3, 0.4) is 0 Å². The van der Waals surface area contributed by atoms with E-state index in [0.717, 1.165) is 54.4 Å². The maximum Gasteiger partial charge on any atom is 0.234 e. The molecule has 1 fully saturated rings. The average molecular weight is 394 g/mol. The summed E-state index contributed by atoms with van der Waals surface area (Å²) in [5.74, 6) is 1.15. The van der Waals surface area contributed by atoms with Gasteiger partial charge in [0, 0.05) is 30.7 Å². The van der Waals surface area contributed by atoms with E-state index in [9.17, 15) is 4.79 Å². The van der Waals surface area contributed by atoms with E-state index in [1.807, 2.05) is 42.1 Å². The SMILES string of the molecule is CSc1cccc(NC(=O)CSc2nnc(CN3CCOCC3)n2C)c1. The number of nitrogens with zero attached hydrogens (tertiary/aromatic N) is 4. The lowest BCUT2D eigenvalue weighted by atomic mass is 10.3. The van der Waals surface area contributed by atoms with Gasteiger partial charge in [-0.1, -0.05) is 17.8 Å². The molecule has 1 saturated heterocycles. The number of amides is 1. The first kappa shape index (κ1) is 19.2. The molecule has 1 aliphatic heterocycles. The third-order valence-electron chi connectivity index (χ3n) is 4.08. The summed E-state index contributed by atoms with van der Waals surface area (Å²) in [6.45, 7) is 4.09. The van der Waals surface area contributed by atoms with Crippen molar-refractivity contribution in [2.24, 2.45) is 7.05 Å². The summed E-state index contributed by atoms with van der Waals surface area (Å²) in [5, 5.41) is 12.2. The fraction of sp³-hybridized carbons (Fsp3) is 0.471. The van der Waals surface area contributed by atoms with E-state index in [-0.39, 0.29) is 5.91 Å². The molecule has 0 saturated carbocycles. The standard InChI is InChI=1S/C17H23N5O2S2/c1-21-15(11-22-6-8-24-9-7-22)19-20-17(21)26-12-16(23)18-13-4-3-5-14(10-13)25-2/h3-5,10H,6-9,11-12H2,1-2H3,(H,18,23). The number of carbonyl (C=O) groups excluding carboxylic acids is 1. The first-order valence-electron chi connectivity index (χ1n) is 8.41. The highest BCUT2D eigenvalue weighted by atomic mass is 32.2. The van der Waals surface area contributed by atoms with Gasteiger partial charge >= 0.3 is 0 Å². The molecule has 3 rings (SSSR count). The summed E-state index contributed by atoms with van der Waals surface area (Å²) in [6, 6.07) is 7.82. The molecule has 140 valence electrons. The molecule has 1 aromatic carbocycles. The number of carbonyl (C=O) groups is 1. The Balaban J connectivity index is 1.51. The van der Waals surface area contributed by atoms with E-state index >= 15 is 0 Å². The largest absolute Gasteiger partial charge is 0.379 e. The lowest BCUT2D eigenvalue weighted by molar-refractivity contribution is -0.113. The molecule has 1 aromatic heterocycles. The first-order valence-corrected chi connectivity index (χ1v) is 10.6. The highest BCUT2D eigenvalue weighted by Crippen LogP contribution is 2.20. The molecule has 26 heavy (non-hydrogen) atoms. The van der Waals surface area contributed by atoms with Crippen LogP contribution in [-0.4, -0.2) is 63.9 Å². The van der Waals surface area contributed by atoms with Crippen molar-refractivity contribution < 1.29 is 9.53 Å². The minimum atomic E-state index is -0.0500. The van der Waals surface area contributed by atoms with E-state index in [4.69, 9.17) is 4.74 Å². The Kier molecular flexibility index (Phi) is 6.95. The van der Waals surface area contributed by atoms with Crippen molar-refractivity contribution in [3.63, 3.8) is 0 Å². The Morgan fingerprint density at radius 3 is 2.88 bits per heavy atom. The summed E-state index contributed by atoms with van der Waals surface area (Å²) in [4.78, 5) is 15.6. The van der Waals surface area contributed by atoms with Gasteiger partial charge in [-0.05, 0) is 24.5 Å². The first-order chi connectivity index (χ1) is 12.7. The molecule has 0 aliphatic carbocycles. The Bertz CT molecular complexity index is 747. The van der Waals surface area contributed by atoms with Gasteiger partial charge < -0.3 is 14.6 Å². The number of hydrogen-bond acceptors (Lipinski definition) is 7. The Hall–Kier alpha value is -1.55. The molecular formula is C17H23N5O2S2. The number of benzene rings is 1. The van der Waals surface area contributed by atoms with Crippen molar-refractivity contribution in [2.75, 3.05) is 43.6 Å².